The molecule has 0 bridgehead atoms. The topological polar surface area (TPSA) is 41.6 Å². The number of carbonyl (C=O) groups is 1. The van der Waals surface area contributed by atoms with Crippen LogP contribution in [0.1, 0.15) is 12.5 Å². The average molecular weight is 330 g/mol. The molecule has 0 saturated heterocycles. The van der Waals surface area contributed by atoms with E-state index in [-0.39, 0.29) is 17.8 Å². The van der Waals surface area contributed by atoms with Gasteiger partial charge in [0, 0.05) is 13.1 Å². The summed E-state index contributed by atoms with van der Waals surface area (Å²) in [5, 5.41) is 2.93. The highest BCUT2D eigenvalue weighted by molar-refractivity contribution is 5.81. The number of likely N-dealkylation sites (N-methyl/N-ethyl adjacent to an activating group) is 1. The lowest BCUT2D eigenvalue weighted by atomic mass is 10.2. The summed E-state index contributed by atoms with van der Waals surface area (Å²) in [5.74, 6) is 0.303. The molecule has 1 atom stereocenters. The van der Waals surface area contributed by atoms with Crippen LogP contribution in [-0.4, -0.2) is 37.0 Å². The summed E-state index contributed by atoms with van der Waals surface area (Å²) in [6.07, 6.45) is 0. The number of ether oxygens (including phenoxy) is 1. The summed E-state index contributed by atoms with van der Waals surface area (Å²) in [6, 6.07) is 15.4. The zero-order chi connectivity index (χ0) is 17.4. The molecule has 0 aliphatic rings. The Morgan fingerprint density at radius 3 is 2.50 bits per heavy atom. The molecule has 1 N–H and O–H groups in total. The fraction of sp³-hybridized carbons (Fsp3) is 0.316. The number of amides is 1. The highest BCUT2D eigenvalue weighted by Gasteiger charge is 2.17. The standard InChI is InChI=1S/C19H23FN2O2/c1-15(19(23)21-14-16-6-4-3-5-7-16)22(2)12-13-24-18-10-8-17(20)9-11-18/h3-11,15H,12-14H2,1-2H3,(H,21,23). The van der Waals surface area contributed by atoms with Crippen molar-refractivity contribution >= 4 is 5.91 Å². The summed E-state index contributed by atoms with van der Waals surface area (Å²) < 4.78 is 18.4. The molecule has 0 aromatic heterocycles. The van der Waals surface area contributed by atoms with E-state index in [0.29, 0.717) is 25.4 Å². The SMILES string of the molecule is CC(C(=O)NCc1ccccc1)N(C)CCOc1ccc(F)cc1. The maximum Gasteiger partial charge on any atom is 0.237 e. The van der Waals surface area contributed by atoms with E-state index in [4.69, 9.17) is 4.74 Å². The Bertz CT molecular complexity index is 632. The number of rotatable bonds is 8. The molecular weight excluding hydrogens is 307 g/mol. The van der Waals surface area contributed by atoms with Crippen molar-refractivity contribution in [3.63, 3.8) is 0 Å². The van der Waals surface area contributed by atoms with Crippen molar-refractivity contribution < 1.29 is 13.9 Å². The van der Waals surface area contributed by atoms with E-state index in [9.17, 15) is 9.18 Å². The quantitative estimate of drug-likeness (QED) is 0.809. The van der Waals surface area contributed by atoms with Crippen LogP contribution in [0.25, 0.3) is 0 Å². The van der Waals surface area contributed by atoms with E-state index >= 15 is 0 Å². The van der Waals surface area contributed by atoms with E-state index in [1.807, 2.05) is 49.2 Å². The second-order valence-electron chi connectivity index (χ2n) is 5.66. The van der Waals surface area contributed by atoms with Gasteiger partial charge < -0.3 is 10.1 Å². The van der Waals surface area contributed by atoms with E-state index < -0.39 is 0 Å². The fourth-order valence-electron chi connectivity index (χ4n) is 2.16. The molecular formula is C19H23FN2O2. The first-order valence-electron chi connectivity index (χ1n) is 7.96. The van der Waals surface area contributed by atoms with Gasteiger partial charge in [0.2, 0.25) is 5.91 Å². The molecule has 24 heavy (non-hydrogen) atoms. The molecule has 0 spiro atoms. The van der Waals surface area contributed by atoms with Gasteiger partial charge >= 0.3 is 0 Å². The minimum Gasteiger partial charge on any atom is -0.492 e. The van der Waals surface area contributed by atoms with Gasteiger partial charge in [-0.2, -0.15) is 0 Å². The van der Waals surface area contributed by atoms with Crippen LogP contribution in [0.15, 0.2) is 54.6 Å². The van der Waals surface area contributed by atoms with Crippen LogP contribution < -0.4 is 10.1 Å². The zero-order valence-electron chi connectivity index (χ0n) is 14.0. The van der Waals surface area contributed by atoms with Crippen molar-refractivity contribution in [1.29, 1.82) is 0 Å². The van der Waals surface area contributed by atoms with Crippen molar-refractivity contribution in [2.75, 3.05) is 20.2 Å². The Morgan fingerprint density at radius 1 is 1.17 bits per heavy atom. The Labute approximate surface area is 142 Å². The monoisotopic (exact) mass is 330 g/mol. The summed E-state index contributed by atoms with van der Waals surface area (Å²) in [5.41, 5.74) is 1.07. The summed E-state index contributed by atoms with van der Waals surface area (Å²) in [6.45, 7) is 3.40. The van der Waals surface area contributed by atoms with E-state index in [1.165, 1.54) is 12.1 Å². The number of halogens is 1. The van der Waals surface area contributed by atoms with E-state index in [2.05, 4.69) is 5.32 Å². The van der Waals surface area contributed by atoms with E-state index in [1.54, 1.807) is 12.1 Å². The number of carbonyl (C=O) groups excluding carboxylic acids is 1. The molecule has 4 nitrogen and oxygen atoms in total. The molecule has 2 rings (SSSR count). The largest absolute Gasteiger partial charge is 0.492 e. The molecule has 0 aliphatic carbocycles. The molecule has 0 radical (unpaired) electrons. The lowest BCUT2D eigenvalue weighted by Crippen LogP contribution is -2.44. The van der Waals surface area contributed by atoms with Crippen molar-refractivity contribution in [3.8, 4) is 5.75 Å². The molecule has 2 aromatic rings. The predicted molar refractivity (Wildman–Crippen MR) is 92.3 cm³/mol. The minimum absolute atomic E-state index is 0.0249. The van der Waals surface area contributed by atoms with Gasteiger partial charge in [0.1, 0.15) is 18.2 Å². The van der Waals surface area contributed by atoms with Crippen molar-refractivity contribution in [2.24, 2.45) is 0 Å². The molecule has 0 fully saturated rings. The van der Waals surface area contributed by atoms with Crippen molar-refractivity contribution in [1.82, 2.24) is 10.2 Å². The van der Waals surface area contributed by atoms with Gasteiger partial charge in [0.25, 0.3) is 0 Å². The Balaban J connectivity index is 1.71. The molecule has 2 aromatic carbocycles. The third-order valence-electron chi connectivity index (χ3n) is 3.88. The molecule has 128 valence electrons. The molecule has 5 heteroatoms. The zero-order valence-corrected chi connectivity index (χ0v) is 14.0. The lowest BCUT2D eigenvalue weighted by Gasteiger charge is -2.23. The molecule has 0 aliphatic heterocycles. The van der Waals surface area contributed by atoms with Crippen molar-refractivity contribution in [3.05, 3.63) is 66.0 Å². The molecule has 0 saturated carbocycles. The number of hydrogen-bond donors (Lipinski definition) is 1. The number of benzene rings is 2. The number of nitrogens with zero attached hydrogens (tertiary/aromatic N) is 1. The molecule has 1 amide bonds. The number of nitrogens with one attached hydrogen (secondary N) is 1. The summed E-state index contributed by atoms with van der Waals surface area (Å²) >= 11 is 0. The first-order valence-corrected chi connectivity index (χ1v) is 7.96. The summed E-state index contributed by atoms with van der Waals surface area (Å²) in [7, 11) is 1.88. The van der Waals surface area contributed by atoms with Crippen LogP contribution in [0.5, 0.6) is 5.75 Å². The smallest absolute Gasteiger partial charge is 0.237 e. The second kappa shape index (κ2) is 9.03. The first kappa shape index (κ1) is 17.9. The predicted octanol–water partition coefficient (Wildman–Crippen LogP) is 2.84. The average Bonchev–Trinajstić information content (AvgIpc) is 2.61. The van der Waals surface area contributed by atoms with Gasteiger partial charge in [0.15, 0.2) is 0 Å². The fourth-order valence-corrected chi connectivity index (χ4v) is 2.16. The maximum absolute atomic E-state index is 12.8. The van der Waals surface area contributed by atoms with E-state index in [0.717, 1.165) is 5.56 Å². The van der Waals surface area contributed by atoms with Crippen LogP contribution in [0.3, 0.4) is 0 Å². The summed E-state index contributed by atoms with van der Waals surface area (Å²) in [4.78, 5) is 14.1. The normalized spacial score (nSPS) is 12.0. The minimum atomic E-state index is -0.289. The Morgan fingerprint density at radius 2 is 1.83 bits per heavy atom. The Hall–Kier alpha value is -2.40. The Kier molecular flexibility index (Phi) is 6.75. The van der Waals surface area contributed by atoms with Gasteiger partial charge in [-0.1, -0.05) is 30.3 Å². The van der Waals surface area contributed by atoms with Crippen LogP contribution in [0, 0.1) is 5.82 Å². The molecule has 1 unspecified atom stereocenters. The van der Waals surface area contributed by atoms with Crippen LogP contribution >= 0.6 is 0 Å². The third kappa shape index (κ3) is 5.66. The maximum atomic E-state index is 12.8. The second-order valence-corrected chi connectivity index (χ2v) is 5.66. The van der Waals surface area contributed by atoms with Gasteiger partial charge in [-0.25, -0.2) is 4.39 Å². The van der Waals surface area contributed by atoms with Gasteiger partial charge in [-0.15, -0.1) is 0 Å². The van der Waals surface area contributed by atoms with Gasteiger partial charge in [0.05, 0.1) is 6.04 Å². The van der Waals surface area contributed by atoms with Gasteiger partial charge in [-0.05, 0) is 43.8 Å². The number of hydrogen-bond acceptors (Lipinski definition) is 3. The third-order valence-corrected chi connectivity index (χ3v) is 3.88. The van der Waals surface area contributed by atoms with Crippen LogP contribution in [0.2, 0.25) is 0 Å². The van der Waals surface area contributed by atoms with Crippen LogP contribution in [-0.2, 0) is 11.3 Å². The van der Waals surface area contributed by atoms with Crippen LogP contribution in [0.4, 0.5) is 4.39 Å². The lowest BCUT2D eigenvalue weighted by molar-refractivity contribution is -0.125. The van der Waals surface area contributed by atoms with Crippen molar-refractivity contribution in [2.45, 2.75) is 19.5 Å². The molecule has 0 heterocycles. The first-order chi connectivity index (χ1) is 11.6. The highest BCUT2D eigenvalue weighted by Crippen LogP contribution is 2.11. The van der Waals surface area contributed by atoms with Gasteiger partial charge in [-0.3, -0.25) is 9.69 Å². The highest BCUT2D eigenvalue weighted by atomic mass is 19.1.